The Morgan fingerprint density at radius 2 is 1.83 bits per heavy atom. The van der Waals surface area contributed by atoms with Crippen molar-refractivity contribution in [3.05, 3.63) is 0 Å². The fraction of sp³-hybridized carbons (Fsp3) is 1.00. The summed E-state index contributed by atoms with van der Waals surface area (Å²) in [6, 6.07) is 0. The van der Waals surface area contributed by atoms with Crippen molar-refractivity contribution in [2.24, 2.45) is 0 Å². The highest BCUT2D eigenvalue weighted by molar-refractivity contribution is 5.85. The number of aliphatic hydroxyl groups excluding tert-OH is 3. The lowest BCUT2D eigenvalue weighted by atomic mass is 10.4. The summed E-state index contributed by atoms with van der Waals surface area (Å²) in [6.07, 6.45) is -0.225. The van der Waals surface area contributed by atoms with Gasteiger partial charge in [0.15, 0.2) is 0 Å². The van der Waals surface area contributed by atoms with Crippen LogP contribution in [-0.4, -0.2) is 47.9 Å². The van der Waals surface area contributed by atoms with Crippen molar-refractivity contribution in [1.29, 1.82) is 0 Å². The Balaban J connectivity index is -0.000000405. The normalized spacial score (nSPS) is 11.2. The molecule has 0 heterocycles. The minimum Gasteiger partial charge on any atom is -0.396 e. The van der Waals surface area contributed by atoms with Gasteiger partial charge in [-0.25, -0.2) is 0 Å². The van der Waals surface area contributed by atoms with Gasteiger partial charge in [-0.1, -0.05) is 0 Å². The molecule has 0 aliphatic rings. The SMILES string of the molecule is Cl.N.OCCCOCC(O)CO. The van der Waals surface area contributed by atoms with Crippen LogP contribution in [0.3, 0.4) is 0 Å². The van der Waals surface area contributed by atoms with Crippen LogP contribution < -0.4 is 6.15 Å². The molecule has 1 unspecified atom stereocenters. The Kier molecular flexibility index (Phi) is 20.5. The van der Waals surface area contributed by atoms with Gasteiger partial charge in [0.25, 0.3) is 0 Å². The maximum absolute atomic E-state index is 8.72. The zero-order valence-electron chi connectivity index (χ0n) is 6.98. The molecule has 12 heavy (non-hydrogen) atoms. The first kappa shape index (κ1) is 18.0. The number of rotatable bonds is 6. The highest BCUT2D eigenvalue weighted by Gasteiger charge is 1.99. The van der Waals surface area contributed by atoms with E-state index >= 15 is 0 Å². The Bertz CT molecular complexity index is 76.6. The minimum atomic E-state index is -0.793. The van der Waals surface area contributed by atoms with Gasteiger partial charge >= 0.3 is 0 Å². The van der Waals surface area contributed by atoms with Crippen LogP contribution in [0.25, 0.3) is 0 Å². The first-order valence-electron chi connectivity index (χ1n) is 3.28. The number of hydrogen-bond donors (Lipinski definition) is 4. The van der Waals surface area contributed by atoms with E-state index in [4.69, 9.17) is 20.1 Å². The number of ether oxygens (including phenoxy) is 1. The molecular formula is C6H18ClNO4. The zero-order valence-corrected chi connectivity index (χ0v) is 7.79. The number of aliphatic hydroxyl groups is 3. The quantitative estimate of drug-likeness (QED) is 0.429. The van der Waals surface area contributed by atoms with E-state index in [2.05, 4.69) is 0 Å². The van der Waals surface area contributed by atoms with Crippen molar-refractivity contribution in [1.82, 2.24) is 6.15 Å². The molecule has 1 atom stereocenters. The van der Waals surface area contributed by atoms with E-state index in [9.17, 15) is 0 Å². The minimum absolute atomic E-state index is 0. The highest BCUT2D eigenvalue weighted by Crippen LogP contribution is 1.85. The van der Waals surface area contributed by atoms with Gasteiger partial charge in [0.2, 0.25) is 0 Å². The molecule has 0 spiro atoms. The van der Waals surface area contributed by atoms with E-state index in [0.29, 0.717) is 13.0 Å². The van der Waals surface area contributed by atoms with Gasteiger partial charge < -0.3 is 26.2 Å². The van der Waals surface area contributed by atoms with Gasteiger partial charge in [-0.05, 0) is 6.42 Å². The van der Waals surface area contributed by atoms with Crippen LogP contribution in [-0.2, 0) is 4.74 Å². The molecule has 0 aromatic rings. The van der Waals surface area contributed by atoms with Crippen LogP contribution in [0, 0.1) is 0 Å². The molecule has 6 heteroatoms. The summed E-state index contributed by atoms with van der Waals surface area (Å²) in [5.41, 5.74) is 0. The van der Waals surface area contributed by atoms with Gasteiger partial charge in [-0.2, -0.15) is 0 Å². The first-order chi connectivity index (χ1) is 4.81. The summed E-state index contributed by atoms with van der Waals surface area (Å²) in [7, 11) is 0. The van der Waals surface area contributed by atoms with Crippen LogP contribution >= 0.6 is 12.4 Å². The van der Waals surface area contributed by atoms with E-state index in [1.54, 1.807) is 0 Å². The van der Waals surface area contributed by atoms with E-state index in [0.717, 1.165) is 0 Å². The number of hydrogen-bond acceptors (Lipinski definition) is 5. The summed E-state index contributed by atoms with van der Waals surface area (Å²) >= 11 is 0. The lowest BCUT2D eigenvalue weighted by Gasteiger charge is -2.06. The second-order valence-corrected chi connectivity index (χ2v) is 1.99. The van der Waals surface area contributed by atoms with E-state index in [1.165, 1.54) is 0 Å². The fourth-order valence-corrected chi connectivity index (χ4v) is 0.439. The largest absolute Gasteiger partial charge is 0.396 e. The molecule has 6 N–H and O–H groups in total. The molecule has 0 aromatic carbocycles. The standard InChI is InChI=1S/C6H14O4.ClH.H3N/c7-2-1-3-10-5-6(9)4-8;;/h6-9H,1-5H2;1H;1H3. The molecule has 0 aliphatic heterocycles. The smallest absolute Gasteiger partial charge is 0.100 e. The van der Waals surface area contributed by atoms with Crippen molar-refractivity contribution in [2.75, 3.05) is 26.4 Å². The van der Waals surface area contributed by atoms with Gasteiger partial charge in [-0.15, -0.1) is 12.4 Å². The van der Waals surface area contributed by atoms with Crippen LogP contribution in [0.4, 0.5) is 0 Å². The molecular weight excluding hydrogens is 186 g/mol. The lowest BCUT2D eigenvalue weighted by molar-refractivity contribution is 0.00297. The molecule has 0 aliphatic carbocycles. The highest BCUT2D eigenvalue weighted by atomic mass is 35.5. The summed E-state index contributed by atoms with van der Waals surface area (Å²) in [6.45, 7) is 0.373. The predicted octanol–water partition coefficient (Wildman–Crippen LogP) is -0.678. The van der Waals surface area contributed by atoms with E-state index in [1.807, 2.05) is 0 Å². The average molecular weight is 204 g/mol. The molecule has 0 saturated carbocycles. The number of halogens is 1. The second kappa shape index (κ2) is 13.7. The monoisotopic (exact) mass is 203 g/mol. The van der Waals surface area contributed by atoms with Gasteiger partial charge in [0, 0.05) is 13.2 Å². The van der Waals surface area contributed by atoms with Gasteiger partial charge in [0.05, 0.1) is 13.2 Å². The van der Waals surface area contributed by atoms with E-state index in [-0.39, 0.29) is 38.4 Å². The molecule has 0 bridgehead atoms. The van der Waals surface area contributed by atoms with Crippen molar-refractivity contribution < 1.29 is 20.1 Å². The third kappa shape index (κ3) is 12.7. The Morgan fingerprint density at radius 1 is 1.25 bits per heavy atom. The molecule has 0 saturated heterocycles. The van der Waals surface area contributed by atoms with Crippen molar-refractivity contribution >= 4 is 12.4 Å². The topological polar surface area (TPSA) is 105 Å². The van der Waals surface area contributed by atoms with Gasteiger partial charge in [-0.3, -0.25) is 0 Å². The average Bonchev–Trinajstić information content (AvgIpc) is 1.98. The molecule has 0 aromatic heterocycles. The summed E-state index contributed by atoms with van der Waals surface area (Å²) < 4.78 is 4.86. The van der Waals surface area contributed by atoms with Crippen molar-refractivity contribution in [2.45, 2.75) is 12.5 Å². The van der Waals surface area contributed by atoms with Crippen LogP contribution in [0.5, 0.6) is 0 Å². The van der Waals surface area contributed by atoms with Crippen molar-refractivity contribution in [3.8, 4) is 0 Å². The van der Waals surface area contributed by atoms with Crippen LogP contribution in [0.15, 0.2) is 0 Å². The molecule has 0 radical (unpaired) electrons. The molecule has 0 amide bonds. The lowest BCUT2D eigenvalue weighted by Crippen LogP contribution is -2.19. The molecule has 0 fully saturated rings. The fourth-order valence-electron chi connectivity index (χ4n) is 0.439. The summed E-state index contributed by atoms with van der Waals surface area (Å²) in [4.78, 5) is 0. The van der Waals surface area contributed by atoms with Crippen molar-refractivity contribution in [3.63, 3.8) is 0 Å². The Morgan fingerprint density at radius 3 is 2.25 bits per heavy atom. The maximum atomic E-state index is 8.72. The summed E-state index contributed by atoms with van der Waals surface area (Å²) in [5, 5.41) is 25.3. The molecule has 78 valence electrons. The van der Waals surface area contributed by atoms with Crippen LogP contribution in [0.1, 0.15) is 6.42 Å². The Labute approximate surface area is 78.3 Å². The predicted molar refractivity (Wildman–Crippen MR) is 47.9 cm³/mol. The first-order valence-corrected chi connectivity index (χ1v) is 3.28. The zero-order chi connectivity index (χ0) is 7.82. The Hall–Kier alpha value is 0.0900. The molecule has 5 nitrogen and oxygen atoms in total. The third-order valence-corrected chi connectivity index (χ3v) is 0.968. The molecule has 0 rings (SSSR count). The van der Waals surface area contributed by atoms with Gasteiger partial charge in [0.1, 0.15) is 6.10 Å². The maximum Gasteiger partial charge on any atom is 0.100 e. The van der Waals surface area contributed by atoms with Crippen LogP contribution in [0.2, 0.25) is 0 Å². The third-order valence-electron chi connectivity index (χ3n) is 0.968. The second-order valence-electron chi connectivity index (χ2n) is 1.99. The van der Waals surface area contributed by atoms with E-state index < -0.39 is 6.10 Å². The summed E-state index contributed by atoms with van der Waals surface area (Å²) in [5.74, 6) is 0.